The molecular formula is C28H43N5O3S. The van der Waals surface area contributed by atoms with Crippen molar-refractivity contribution in [2.75, 3.05) is 25.0 Å². The van der Waals surface area contributed by atoms with E-state index in [-0.39, 0.29) is 11.9 Å². The Balaban J connectivity index is 1.40. The Hall–Kier alpha value is -2.23. The highest BCUT2D eigenvalue weighted by Gasteiger charge is 2.48. The molecule has 4 rings (SSSR count). The smallest absolute Gasteiger partial charge is 0.253 e. The van der Waals surface area contributed by atoms with E-state index in [1.165, 1.54) is 29.0 Å². The number of hydrogen-bond acceptors (Lipinski definition) is 6. The SMILES string of the molecule is Cc1cc(NC[C@@H](N)C(C)C)cc(C)c1C=CS(=O)(=O)N1CCC2(CC1)N=C(C1CCCCC1)NC2=O. The number of piperidine rings is 1. The van der Waals surface area contributed by atoms with Crippen LogP contribution in [0, 0.1) is 25.7 Å². The summed E-state index contributed by atoms with van der Waals surface area (Å²) in [5.41, 5.74) is 9.21. The maximum absolute atomic E-state index is 13.2. The molecule has 1 amide bonds. The zero-order valence-electron chi connectivity index (χ0n) is 22.7. The van der Waals surface area contributed by atoms with Crippen molar-refractivity contribution in [3.05, 3.63) is 34.2 Å². The first-order chi connectivity index (χ1) is 17.5. The normalized spacial score (nSPS) is 22.0. The van der Waals surface area contributed by atoms with Crippen LogP contribution in [-0.4, -0.2) is 55.7 Å². The van der Waals surface area contributed by atoms with Crippen LogP contribution < -0.4 is 16.4 Å². The van der Waals surface area contributed by atoms with Crippen LogP contribution in [-0.2, 0) is 14.8 Å². The third-order valence-corrected chi connectivity index (χ3v) is 9.86. The number of nitrogens with one attached hydrogen (secondary N) is 2. The van der Waals surface area contributed by atoms with Crippen LogP contribution in [0.4, 0.5) is 5.69 Å². The maximum Gasteiger partial charge on any atom is 0.253 e. The van der Waals surface area contributed by atoms with Gasteiger partial charge in [-0.2, -0.15) is 4.31 Å². The maximum atomic E-state index is 13.2. The van der Waals surface area contributed by atoms with Gasteiger partial charge < -0.3 is 16.4 Å². The van der Waals surface area contributed by atoms with Gasteiger partial charge in [0.15, 0.2) is 0 Å². The van der Waals surface area contributed by atoms with E-state index < -0.39 is 15.6 Å². The fourth-order valence-corrected chi connectivity index (χ4v) is 6.78. The van der Waals surface area contributed by atoms with Crippen LogP contribution in [0.25, 0.3) is 6.08 Å². The molecule has 1 aromatic carbocycles. The van der Waals surface area contributed by atoms with Gasteiger partial charge in [-0.1, -0.05) is 33.1 Å². The standard InChI is InChI=1S/C28H43N5O3S/c1-19(2)25(29)18-30-23-16-20(3)24(21(4)17-23)10-15-37(35,36)33-13-11-28(12-14-33)27(34)31-26(32-28)22-8-6-5-7-9-22/h10,15-17,19,22,25,30H,5-9,11-14,18,29H2,1-4H3,(H,31,32,34)/t25-/m1/s1. The van der Waals surface area contributed by atoms with Crippen molar-refractivity contribution in [3.8, 4) is 0 Å². The Morgan fingerprint density at radius 2 is 1.78 bits per heavy atom. The number of anilines is 1. The minimum absolute atomic E-state index is 0.0602. The number of rotatable bonds is 8. The van der Waals surface area contributed by atoms with Crippen molar-refractivity contribution in [2.24, 2.45) is 22.6 Å². The second kappa shape index (κ2) is 11.3. The Kier molecular flexibility index (Phi) is 8.45. The molecule has 1 saturated carbocycles. The second-order valence-corrected chi connectivity index (χ2v) is 13.2. The lowest BCUT2D eigenvalue weighted by Crippen LogP contribution is -2.50. The van der Waals surface area contributed by atoms with Crippen LogP contribution in [0.2, 0.25) is 0 Å². The molecule has 1 spiro atoms. The predicted molar refractivity (Wildman–Crippen MR) is 151 cm³/mol. The molecule has 4 N–H and O–H groups in total. The van der Waals surface area contributed by atoms with Gasteiger partial charge in [-0.3, -0.25) is 9.79 Å². The van der Waals surface area contributed by atoms with Crippen LogP contribution in [0.15, 0.2) is 22.5 Å². The number of sulfonamides is 1. The van der Waals surface area contributed by atoms with E-state index in [0.29, 0.717) is 44.3 Å². The van der Waals surface area contributed by atoms with E-state index in [1.54, 1.807) is 6.08 Å². The number of carbonyl (C=O) groups excluding carboxylic acids is 1. The first kappa shape index (κ1) is 27.8. The topological polar surface area (TPSA) is 117 Å². The van der Waals surface area contributed by atoms with E-state index in [2.05, 4.69) is 24.5 Å². The van der Waals surface area contributed by atoms with E-state index in [9.17, 15) is 13.2 Å². The van der Waals surface area contributed by atoms with Crippen molar-refractivity contribution in [2.45, 2.75) is 84.2 Å². The molecule has 0 unspecified atom stereocenters. The first-order valence-electron chi connectivity index (χ1n) is 13.7. The summed E-state index contributed by atoms with van der Waals surface area (Å²) in [6.07, 6.45) is 8.26. The minimum atomic E-state index is -3.61. The summed E-state index contributed by atoms with van der Waals surface area (Å²) in [6.45, 7) is 9.43. The third-order valence-electron chi connectivity index (χ3n) is 8.30. The highest BCUT2D eigenvalue weighted by atomic mass is 32.2. The number of aliphatic imine (C=N–C) groups is 1. The van der Waals surface area contributed by atoms with Crippen molar-refractivity contribution < 1.29 is 13.2 Å². The summed E-state index contributed by atoms with van der Waals surface area (Å²) in [5.74, 6) is 1.49. The average Bonchev–Trinajstić information content (AvgIpc) is 3.18. The van der Waals surface area contributed by atoms with Crippen LogP contribution >= 0.6 is 0 Å². The van der Waals surface area contributed by atoms with Gasteiger partial charge in [0.25, 0.3) is 5.91 Å². The number of aryl methyl sites for hydroxylation is 2. The first-order valence-corrected chi connectivity index (χ1v) is 15.2. The quantitative estimate of drug-likeness (QED) is 0.472. The fourth-order valence-electron chi connectivity index (χ4n) is 5.61. The van der Waals surface area contributed by atoms with Crippen LogP contribution in [0.3, 0.4) is 0 Å². The molecule has 8 nitrogen and oxygen atoms in total. The van der Waals surface area contributed by atoms with E-state index >= 15 is 0 Å². The number of benzene rings is 1. The molecule has 37 heavy (non-hydrogen) atoms. The summed E-state index contributed by atoms with van der Waals surface area (Å²) in [5, 5.41) is 7.73. The summed E-state index contributed by atoms with van der Waals surface area (Å²) in [6, 6.07) is 4.11. The van der Waals surface area contributed by atoms with Gasteiger partial charge >= 0.3 is 0 Å². The molecule has 0 radical (unpaired) electrons. The van der Waals surface area contributed by atoms with Gasteiger partial charge in [0.2, 0.25) is 10.0 Å². The fraction of sp³-hybridized carbons (Fsp3) is 0.643. The van der Waals surface area contributed by atoms with Gasteiger partial charge in [-0.15, -0.1) is 0 Å². The number of nitrogens with zero attached hydrogens (tertiary/aromatic N) is 2. The molecule has 2 heterocycles. The predicted octanol–water partition coefficient (Wildman–Crippen LogP) is 3.94. The molecule has 2 fully saturated rings. The summed E-state index contributed by atoms with van der Waals surface area (Å²) in [4.78, 5) is 17.7. The zero-order valence-corrected chi connectivity index (χ0v) is 23.5. The molecule has 0 aromatic heterocycles. The van der Waals surface area contributed by atoms with Gasteiger partial charge in [0.05, 0.1) is 0 Å². The van der Waals surface area contributed by atoms with Crippen molar-refractivity contribution in [1.82, 2.24) is 9.62 Å². The van der Waals surface area contributed by atoms with Crippen LogP contribution in [0.1, 0.15) is 75.5 Å². The van der Waals surface area contributed by atoms with Gasteiger partial charge in [0, 0.05) is 42.7 Å². The largest absolute Gasteiger partial charge is 0.383 e. The highest BCUT2D eigenvalue weighted by molar-refractivity contribution is 7.92. The third kappa shape index (κ3) is 6.26. The molecular weight excluding hydrogens is 486 g/mol. The highest BCUT2D eigenvalue weighted by Crippen LogP contribution is 2.35. The summed E-state index contributed by atoms with van der Waals surface area (Å²) >= 11 is 0. The molecule has 1 saturated heterocycles. The number of amides is 1. The van der Waals surface area contributed by atoms with Gasteiger partial charge in [0.1, 0.15) is 11.4 Å². The molecule has 0 bridgehead atoms. The molecule has 1 atom stereocenters. The van der Waals surface area contributed by atoms with Crippen molar-refractivity contribution in [3.63, 3.8) is 0 Å². The Labute approximate surface area is 222 Å². The van der Waals surface area contributed by atoms with E-state index in [0.717, 1.165) is 41.1 Å². The average molecular weight is 530 g/mol. The van der Waals surface area contributed by atoms with E-state index in [1.807, 2.05) is 26.0 Å². The Morgan fingerprint density at radius 1 is 1.16 bits per heavy atom. The number of carbonyl (C=O) groups is 1. The van der Waals surface area contributed by atoms with Gasteiger partial charge in [-0.05, 0) is 80.3 Å². The summed E-state index contributed by atoms with van der Waals surface area (Å²) < 4.78 is 27.8. The Bertz CT molecular complexity index is 1140. The monoisotopic (exact) mass is 529 g/mol. The molecule has 1 aromatic rings. The van der Waals surface area contributed by atoms with Gasteiger partial charge in [-0.25, -0.2) is 8.42 Å². The number of hydrogen-bond donors (Lipinski definition) is 3. The molecule has 9 heteroatoms. The lowest BCUT2D eigenvalue weighted by atomic mass is 9.88. The zero-order chi connectivity index (χ0) is 26.8. The lowest BCUT2D eigenvalue weighted by molar-refractivity contribution is -0.124. The molecule has 1 aliphatic carbocycles. The molecule has 3 aliphatic rings. The number of nitrogens with two attached hydrogens (primary N) is 1. The lowest BCUT2D eigenvalue weighted by Gasteiger charge is -2.34. The molecule has 2 aliphatic heterocycles. The van der Waals surface area contributed by atoms with Crippen LogP contribution in [0.5, 0.6) is 0 Å². The summed E-state index contributed by atoms with van der Waals surface area (Å²) in [7, 11) is -3.61. The second-order valence-electron chi connectivity index (χ2n) is 11.4. The van der Waals surface area contributed by atoms with E-state index in [4.69, 9.17) is 10.7 Å². The molecule has 204 valence electrons. The number of amidine groups is 1. The van der Waals surface area contributed by atoms with Crippen molar-refractivity contribution in [1.29, 1.82) is 0 Å². The van der Waals surface area contributed by atoms with Crippen molar-refractivity contribution >= 4 is 33.5 Å². The minimum Gasteiger partial charge on any atom is -0.383 e. The Morgan fingerprint density at radius 3 is 2.38 bits per heavy atom.